The summed E-state index contributed by atoms with van der Waals surface area (Å²) in [5.74, 6) is 0.456. The Morgan fingerprint density at radius 3 is 2.49 bits per heavy atom. The highest BCUT2D eigenvalue weighted by Gasteiger charge is 2.32. The van der Waals surface area contributed by atoms with E-state index in [4.69, 9.17) is 14.5 Å². The number of aromatic nitrogens is 4. The number of ether oxygens (including phenoxy) is 2. The summed E-state index contributed by atoms with van der Waals surface area (Å²) in [6.45, 7) is 8.56. The van der Waals surface area contributed by atoms with E-state index in [0.717, 1.165) is 50.4 Å². The Hall–Kier alpha value is -4.60. The number of benzene rings is 2. The van der Waals surface area contributed by atoms with Gasteiger partial charge in [0.15, 0.2) is 5.82 Å². The zero-order chi connectivity index (χ0) is 33.0. The number of aryl methyl sites for hydroxylation is 1. The zero-order valence-electron chi connectivity index (χ0n) is 26.2. The summed E-state index contributed by atoms with van der Waals surface area (Å²) in [6, 6.07) is 8.42. The molecule has 1 amide bonds. The van der Waals surface area contributed by atoms with Gasteiger partial charge in [-0.2, -0.15) is 13.2 Å². The molecule has 0 spiro atoms. The summed E-state index contributed by atoms with van der Waals surface area (Å²) in [7, 11) is 1.70. The molecule has 12 nitrogen and oxygen atoms in total. The van der Waals surface area contributed by atoms with Crippen LogP contribution in [0.3, 0.4) is 0 Å². The fraction of sp³-hybridized carbons (Fsp3) is 0.406. The summed E-state index contributed by atoms with van der Waals surface area (Å²) in [4.78, 5) is 38.0. The third-order valence-electron chi connectivity index (χ3n) is 8.31. The van der Waals surface area contributed by atoms with Crippen molar-refractivity contribution in [2.45, 2.75) is 13.1 Å². The SMILES string of the molecule is COCCN1CCN(c2ncc3ncnc(Nc4cc(C(=O)Nc5cc(C(F)(F)F)ccc5N5CCOCC5)ccc4C)c3n2)CC1. The van der Waals surface area contributed by atoms with E-state index in [1.807, 2.05) is 11.8 Å². The van der Waals surface area contributed by atoms with Gasteiger partial charge in [-0.15, -0.1) is 0 Å². The Labute approximate surface area is 269 Å². The number of piperazine rings is 1. The van der Waals surface area contributed by atoms with Crippen molar-refractivity contribution in [3.63, 3.8) is 0 Å². The van der Waals surface area contributed by atoms with E-state index < -0.39 is 17.6 Å². The summed E-state index contributed by atoms with van der Waals surface area (Å²) in [5.41, 5.74) is 2.46. The van der Waals surface area contributed by atoms with Gasteiger partial charge in [0.1, 0.15) is 17.4 Å². The van der Waals surface area contributed by atoms with Crippen LogP contribution in [-0.2, 0) is 15.7 Å². The van der Waals surface area contributed by atoms with E-state index >= 15 is 0 Å². The molecule has 15 heteroatoms. The van der Waals surface area contributed by atoms with Crippen molar-refractivity contribution in [2.75, 3.05) is 93.2 Å². The largest absolute Gasteiger partial charge is 0.416 e. The Bertz CT molecular complexity index is 1730. The summed E-state index contributed by atoms with van der Waals surface area (Å²) in [5, 5.41) is 6.02. The number of nitrogens with one attached hydrogen (secondary N) is 2. The predicted octanol–water partition coefficient (Wildman–Crippen LogP) is 4.35. The minimum atomic E-state index is -4.56. The molecule has 2 aliphatic rings. The maximum atomic E-state index is 13.6. The molecule has 248 valence electrons. The number of hydrogen-bond acceptors (Lipinski definition) is 11. The summed E-state index contributed by atoms with van der Waals surface area (Å²) < 4.78 is 51.5. The van der Waals surface area contributed by atoms with Crippen LogP contribution >= 0.6 is 0 Å². The van der Waals surface area contributed by atoms with Gasteiger partial charge >= 0.3 is 6.18 Å². The zero-order valence-corrected chi connectivity index (χ0v) is 26.2. The minimum Gasteiger partial charge on any atom is -0.383 e. The van der Waals surface area contributed by atoms with Crippen molar-refractivity contribution >= 4 is 45.8 Å². The first-order valence-electron chi connectivity index (χ1n) is 15.4. The second-order valence-electron chi connectivity index (χ2n) is 11.4. The normalized spacial score (nSPS) is 16.0. The number of anilines is 5. The number of morpholine rings is 1. The molecule has 2 aliphatic heterocycles. The second kappa shape index (κ2) is 14.0. The number of nitrogens with zero attached hydrogens (tertiary/aromatic N) is 7. The van der Waals surface area contributed by atoms with Crippen LogP contribution in [0.1, 0.15) is 21.5 Å². The highest BCUT2D eigenvalue weighted by Crippen LogP contribution is 2.36. The van der Waals surface area contributed by atoms with Gasteiger partial charge in [0.25, 0.3) is 5.91 Å². The molecule has 2 fully saturated rings. The van der Waals surface area contributed by atoms with Crippen LogP contribution in [-0.4, -0.2) is 103 Å². The van der Waals surface area contributed by atoms with Crippen LogP contribution in [0.5, 0.6) is 0 Å². The number of methoxy groups -OCH3 is 1. The van der Waals surface area contributed by atoms with Gasteiger partial charge in [-0.25, -0.2) is 19.9 Å². The first-order chi connectivity index (χ1) is 22.7. The van der Waals surface area contributed by atoms with Gasteiger partial charge < -0.3 is 29.9 Å². The van der Waals surface area contributed by atoms with Crippen molar-refractivity contribution in [3.8, 4) is 0 Å². The van der Waals surface area contributed by atoms with Crippen LogP contribution in [0, 0.1) is 6.92 Å². The van der Waals surface area contributed by atoms with Crippen LogP contribution in [0.4, 0.5) is 42.0 Å². The Balaban J connectivity index is 1.23. The van der Waals surface area contributed by atoms with E-state index in [0.29, 0.717) is 67.1 Å². The third-order valence-corrected chi connectivity index (χ3v) is 8.31. The van der Waals surface area contributed by atoms with Gasteiger partial charge in [0, 0.05) is 64.2 Å². The van der Waals surface area contributed by atoms with Crippen molar-refractivity contribution in [3.05, 3.63) is 65.6 Å². The van der Waals surface area contributed by atoms with Crippen molar-refractivity contribution in [1.29, 1.82) is 0 Å². The minimum absolute atomic E-state index is 0.0763. The van der Waals surface area contributed by atoms with Crippen LogP contribution in [0.25, 0.3) is 11.0 Å². The predicted molar refractivity (Wildman–Crippen MR) is 173 cm³/mol. The van der Waals surface area contributed by atoms with Gasteiger partial charge in [-0.05, 0) is 42.8 Å². The molecular weight excluding hydrogens is 615 g/mol. The lowest BCUT2D eigenvalue weighted by atomic mass is 10.1. The first kappa shape index (κ1) is 32.3. The average Bonchev–Trinajstić information content (AvgIpc) is 3.08. The van der Waals surface area contributed by atoms with Crippen LogP contribution < -0.4 is 20.4 Å². The lowest BCUT2D eigenvalue weighted by Crippen LogP contribution is -2.47. The van der Waals surface area contributed by atoms with E-state index in [-0.39, 0.29) is 11.3 Å². The third kappa shape index (κ3) is 7.53. The molecule has 0 aliphatic carbocycles. The molecule has 2 aromatic heterocycles. The number of halogens is 3. The molecule has 0 unspecified atom stereocenters. The molecule has 2 N–H and O–H groups in total. The van der Waals surface area contributed by atoms with E-state index in [9.17, 15) is 18.0 Å². The monoisotopic (exact) mass is 651 g/mol. The molecular formula is C32H36F3N9O3. The van der Waals surface area contributed by atoms with Gasteiger partial charge in [0.2, 0.25) is 5.95 Å². The molecule has 0 bridgehead atoms. The molecule has 2 aromatic carbocycles. The Morgan fingerprint density at radius 1 is 0.957 bits per heavy atom. The topological polar surface area (TPSA) is 121 Å². The second-order valence-corrected chi connectivity index (χ2v) is 11.4. The summed E-state index contributed by atoms with van der Waals surface area (Å²) in [6.07, 6.45) is -1.49. The van der Waals surface area contributed by atoms with Crippen molar-refractivity contribution in [2.24, 2.45) is 0 Å². The standard InChI is InChI=1S/C32H36F3N9O3/c1-21-3-4-22(30(45)40-25-18-23(32(33,34)35)5-6-27(25)43-12-15-47-16-13-43)17-24(21)39-29-28-26(37-20-38-29)19-36-31(41-28)44-9-7-42(8-10-44)11-14-46-2/h3-6,17-20H,7-16H2,1-2H3,(H,40,45)(H,37,38,39). The number of amides is 1. The highest BCUT2D eigenvalue weighted by molar-refractivity contribution is 6.07. The van der Waals surface area contributed by atoms with Crippen molar-refractivity contribution in [1.82, 2.24) is 24.8 Å². The smallest absolute Gasteiger partial charge is 0.383 e. The highest BCUT2D eigenvalue weighted by atomic mass is 19.4. The lowest BCUT2D eigenvalue weighted by Gasteiger charge is -2.34. The van der Waals surface area contributed by atoms with Gasteiger partial charge in [-0.3, -0.25) is 9.69 Å². The van der Waals surface area contributed by atoms with E-state index in [1.165, 1.54) is 12.4 Å². The lowest BCUT2D eigenvalue weighted by molar-refractivity contribution is -0.137. The molecule has 0 radical (unpaired) electrons. The number of carbonyl (C=O) groups is 1. The fourth-order valence-electron chi connectivity index (χ4n) is 5.59. The molecule has 4 heterocycles. The molecule has 4 aromatic rings. The van der Waals surface area contributed by atoms with Crippen LogP contribution in [0.2, 0.25) is 0 Å². The Kier molecular flexibility index (Phi) is 9.66. The average molecular weight is 652 g/mol. The quantitative estimate of drug-likeness (QED) is 0.269. The first-order valence-corrected chi connectivity index (χ1v) is 15.4. The fourth-order valence-corrected chi connectivity index (χ4v) is 5.59. The van der Waals surface area contributed by atoms with Crippen LogP contribution in [0.15, 0.2) is 48.9 Å². The Morgan fingerprint density at radius 2 is 1.74 bits per heavy atom. The van der Waals surface area contributed by atoms with Gasteiger partial charge in [-0.1, -0.05) is 6.07 Å². The molecule has 0 atom stereocenters. The number of carbonyl (C=O) groups excluding carboxylic acids is 1. The maximum Gasteiger partial charge on any atom is 0.416 e. The summed E-state index contributed by atoms with van der Waals surface area (Å²) >= 11 is 0. The maximum absolute atomic E-state index is 13.6. The van der Waals surface area contributed by atoms with Gasteiger partial charge in [0.05, 0.1) is 43.0 Å². The van der Waals surface area contributed by atoms with E-state index in [2.05, 4.69) is 35.4 Å². The molecule has 2 saturated heterocycles. The van der Waals surface area contributed by atoms with E-state index in [1.54, 1.807) is 31.5 Å². The number of hydrogen-bond donors (Lipinski definition) is 2. The molecule has 47 heavy (non-hydrogen) atoms. The number of alkyl halides is 3. The van der Waals surface area contributed by atoms with Crippen molar-refractivity contribution < 1.29 is 27.4 Å². The molecule has 0 saturated carbocycles. The number of rotatable bonds is 9. The molecule has 6 rings (SSSR count). The number of fused-ring (bicyclic) bond motifs is 1.